The third kappa shape index (κ3) is 3.35. The third-order valence-corrected chi connectivity index (χ3v) is 3.97. The van der Waals surface area contributed by atoms with E-state index in [1.54, 1.807) is 4.68 Å². The van der Waals surface area contributed by atoms with Crippen molar-refractivity contribution < 1.29 is 4.79 Å². The quantitative estimate of drug-likeness (QED) is 0.858. The summed E-state index contributed by atoms with van der Waals surface area (Å²) in [6.45, 7) is 6.78. The average molecular weight is 264 g/mol. The van der Waals surface area contributed by atoms with Crippen LogP contribution in [0, 0.1) is 19.8 Å². The monoisotopic (exact) mass is 264 g/mol. The number of amides is 1. The molecule has 2 N–H and O–H groups in total. The number of nitrogens with zero attached hydrogens (tertiary/aromatic N) is 2. The van der Waals surface area contributed by atoms with Crippen LogP contribution in [0.4, 0.5) is 0 Å². The van der Waals surface area contributed by atoms with E-state index in [4.69, 9.17) is 0 Å². The molecule has 0 aliphatic carbocycles. The molecule has 5 nitrogen and oxygen atoms in total. The molecule has 1 amide bonds. The summed E-state index contributed by atoms with van der Waals surface area (Å²) >= 11 is 0. The van der Waals surface area contributed by atoms with Gasteiger partial charge in [0.1, 0.15) is 0 Å². The molecule has 19 heavy (non-hydrogen) atoms. The number of carbonyl (C=O) groups excluding carboxylic acids is 1. The smallest absolute Gasteiger partial charge is 0.255 e. The van der Waals surface area contributed by atoms with Gasteiger partial charge < -0.3 is 10.6 Å². The van der Waals surface area contributed by atoms with Crippen molar-refractivity contribution in [2.24, 2.45) is 13.0 Å². The van der Waals surface area contributed by atoms with Gasteiger partial charge in [0.05, 0.1) is 11.3 Å². The van der Waals surface area contributed by atoms with Crippen molar-refractivity contribution in [3.8, 4) is 0 Å². The van der Waals surface area contributed by atoms with Crippen LogP contribution >= 0.6 is 0 Å². The Kier molecular flexibility index (Phi) is 4.58. The number of hydrogen-bond donors (Lipinski definition) is 2. The van der Waals surface area contributed by atoms with Gasteiger partial charge in [-0.15, -0.1) is 0 Å². The molecule has 1 aliphatic heterocycles. The summed E-state index contributed by atoms with van der Waals surface area (Å²) in [6, 6.07) is 0. The molecule has 0 spiro atoms. The fraction of sp³-hybridized carbons (Fsp3) is 0.714. The number of carbonyl (C=O) groups is 1. The SMILES string of the molecule is Cc1nn(C)c(C)c1C(=O)NCCC1CCCNC1. The Labute approximate surface area is 114 Å². The highest BCUT2D eigenvalue weighted by Crippen LogP contribution is 2.14. The molecule has 1 aromatic heterocycles. The lowest BCUT2D eigenvalue weighted by Crippen LogP contribution is -2.33. The average Bonchev–Trinajstić information content (AvgIpc) is 2.64. The normalized spacial score (nSPS) is 19.4. The van der Waals surface area contributed by atoms with Gasteiger partial charge in [0.15, 0.2) is 0 Å². The van der Waals surface area contributed by atoms with Crippen LogP contribution < -0.4 is 10.6 Å². The largest absolute Gasteiger partial charge is 0.352 e. The fourth-order valence-corrected chi connectivity index (χ4v) is 2.75. The van der Waals surface area contributed by atoms with Crippen LogP contribution in [-0.2, 0) is 7.05 Å². The molecule has 0 saturated carbocycles. The van der Waals surface area contributed by atoms with Crippen LogP contribution in [0.3, 0.4) is 0 Å². The molecule has 1 aliphatic rings. The summed E-state index contributed by atoms with van der Waals surface area (Å²) in [7, 11) is 1.87. The Morgan fingerprint density at radius 1 is 1.53 bits per heavy atom. The number of rotatable bonds is 4. The van der Waals surface area contributed by atoms with E-state index in [0.717, 1.165) is 43.0 Å². The van der Waals surface area contributed by atoms with E-state index in [1.165, 1.54) is 12.8 Å². The molecular weight excluding hydrogens is 240 g/mol. The molecule has 2 heterocycles. The Morgan fingerprint density at radius 3 is 2.89 bits per heavy atom. The lowest BCUT2D eigenvalue weighted by molar-refractivity contribution is 0.0949. The van der Waals surface area contributed by atoms with Crippen molar-refractivity contribution in [3.05, 3.63) is 17.0 Å². The highest BCUT2D eigenvalue weighted by Gasteiger charge is 2.18. The fourth-order valence-electron chi connectivity index (χ4n) is 2.75. The zero-order valence-electron chi connectivity index (χ0n) is 12.1. The highest BCUT2D eigenvalue weighted by atomic mass is 16.1. The van der Waals surface area contributed by atoms with Crippen LogP contribution in [-0.4, -0.2) is 35.3 Å². The van der Waals surface area contributed by atoms with Gasteiger partial charge in [-0.25, -0.2) is 0 Å². The number of aromatic nitrogens is 2. The maximum Gasteiger partial charge on any atom is 0.255 e. The van der Waals surface area contributed by atoms with Crippen LogP contribution in [0.25, 0.3) is 0 Å². The molecular formula is C14H24N4O. The van der Waals surface area contributed by atoms with E-state index in [0.29, 0.717) is 5.92 Å². The number of aryl methyl sites for hydroxylation is 2. The molecule has 0 bridgehead atoms. The molecule has 1 fully saturated rings. The second-order valence-corrected chi connectivity index (χ2v) is 5.43. The maximum atomic E-state index is 12.2. The predicted molar refractivity (Wildman–Crippen MR) is 75.2 cm³/mol. The van der Waals surface area contributed by atoms with Gasteiger partial charge in [-0.05, 0) is 52.1 Å². The molecule has 1 atom stereocenters. The van der Waals surface area contributed by atoms with Crippen molar-refractivity contribution in [2.75, 3.05) is 19.6 Å². The van der Waals surface area contributed by atoms with Gasteiger partial charge in [0.2, 0.25) is 0 Å². The highest BCUT2D eigenvalue weighted by molar-refractivity contribution is 5.96. The first kappa shape index (κ1) is 14.1. The summed E-state index contributed by atoms with van der Waals surface area (Å²) in [4.78, 5) is 12.2. The van der Waals surface area contributed by atoms with Gasteiger partial charge in [-0.2, -0.15) is 5.10 Å². The van der Waals surface area contributed by atoms with Crippen molar-refractivity contribution in [3.63, 3.8) is 0 Å². The summed E-state index contributed by atoms with van der Waals surface area (Å²) in [5.41, 5.74) is 2.45. The van der Waals surface area contributed by atoms with Crippen LogP contribution in [0.5, 0.6) is 0 Å². The van der Waals surface area contributed by atoms with E-state index in [1.807, 2.05) is 20.9 Å². The predicted octanol–water partition coefficient (Wildman–Crippen LogP) is 1.16. The lowest BCUT2D eigenvalue weighted by atomic mass is 9.96. The van der Waals surface area contributed by atoms with Crippen molar-refractivity contribution in [2.45, 2.75) is 33.1 Å². The van der Waals surface area contributed by atoms with Crippen LogP contribution in [0.2, 0.25) is 0 Å². The Hall–Kier alpha value is -1.36. The second kappa shape index (κ2) is 6.19. The topological polar surface area (TPSA) is 59.0 Å². The minimum Gasteiger partial charge on any atom is -0.352 e. The standard InChI is InChI=1S/C14H24N4O/c1-10-13(11(2)18(3)17-10)14(19)16-8-6-12-5-4-7-15-9-12/h12,15H,4-9H2,1-3H3,(H,16,19). The molecule has 5 heteroatoms. The van der Waals surface area contributed by atoms with Gasteiger partial charge in [0.25, 0.3) is 5.91 Å². The first-order valence-corrected chi connectivity index (χ1v) is 7.08. The molecule has 1 aromatic rings. The second-order valence-electron chi connectivity index (χ2n) is 5.43. The first-order valence-electron chi connectivity index (χ1n) is 7.08. The summed E-state index contributed by atoms with van der Waals surface area (Å²) in [5, 5.41) is 10.7. The summed E-state index contributed by atoms with van der Waals surface area (Å²) in [5.74, 6) is 0.706. The summed E-state index contributed by atoms with van der Waals surface area (Å²) < 4.78 is 1.76. The minimum absolute atomic E-state index is 0.00636. The zero-order valence-corrected chi connectivity index (χ0v) is 12.1. The van der Waals surface area contributed by atoms with E-state index in [-0.39, 0.29) is 5.91 Å². The minimum atomic E-state index is 0.00636. The first-order chi connectivity index (χ1) is 9.09. The summed E-state index contributed by atoms with van der Waals surface area (Å²) in [6.07, 6.45) is 3.57. The number of piperidine rings is 1. The van der Waals surface area contributed by atoms with Crippen LogP contribution in [0.15, 0.2) is 0 Å². The zero-order chi connectivity index (χ0) is 13.8. The van der Waals surface area contributed by atoms with E-state index in [9.17, 15) is 4.79 Å². The van der Waals surface area contributed by atoms with E-state index >= 15 is 0 Å². The van der Waals surface area contributed by atoms with Gasteiger partial charge in [-0.3, -0.25) is 9.48 Å². The maximum absolute atomic E-state index is 12.2. The Morgan fingerprint density at radius 2 is 2.32 bits per heavy atom. The lowest BCUT2D eigenvalue weighted by Gasteiger charge is -2.22. The third-order valence-electron chi connectivity index (χ3n) is 3.97. The number of hydrogen-bond acceptors (Lipinski definition) is 3. The molecule has 1 saturated heterocycles. The molecule has 106 valence electrons. The van der Waals surface area contributed by atoms with Crippen molar-refractivity contribution >= 4 is 5.91 Å². The molecule has 1 unspecified atom stereocenters. The molecule has 2 rings (SSSR count). The Bertz CT molecular complexity index is 447. The molecule has 0 aromatic carbocycles. The van der Waals surface area contributed by atoms with Gasteiger partial charge >= 0.3 is 0 Å². The van der Waals surface area contributed by atoms with Gasteiger partial charge in [-0.1, -0.05) is 0 Å². The Balaban J connectivity index is 1.84. The van der Waals surface area contributed by atoms with Crippen molar-refractivity contribution in [1.29, 1.82) is 0 Å². The van der Waals surface area contributed by atoms with Crippen molar-refractivity contribution in [1.82, 2.24) is 20.4 Å². The molecule has 0 radical (unpaired) electrons. The number of nitrogens with one attached hydrogen (secondary N) is 2. The van der Waals surface area contributed by atoms with E-state index in [2.05, 4.69) is 15.7 Å². The van der Waals surface area contributed by atoms with Gasteiger partial charge in [0, 0.05) is 19.3 Å². The van der Waals surface area contributed by atoms with E-state index < -0.39 is 0 Å². The van der Waals surface area contributed by atoms with Crippen LogP contribution in [0.1, 0.15) is 41.0 Å².